The summed E-state index contributed by atoms with van der Waals surface area (Å²) in [5.41, 5.74) is 1.73. The lowest BCUT2D eigenvalue weighted by Crippen LogP contribution is -2.33. The first-order valence-corrected chi connectivity index (χ1v) is 7.28. The van der Waals surface area contributed by atoms with Gasteiger partial charge in [-0.15, -0.1) is 0 Å². The topological polar surface area (TPSA) is 66.5 Å². The number of sulfonamides is 1. The second kappa shape index (κ2) is 4.70. The third kappa shape index (κ3) is 2.26. The molecule has 0 bridgehead atoms. The molecule has 1 aromatic rings. The van der Waals surface area contributed by atoms with Crippen LogP contribution >= 0.6 is 0 Å². The smallest absolute Gasteiger partial charge is 0.240 e. The van der Waals surface area contributed by atoms with Crippen LogP contribution in [0.2, 0.25) is 0 Å². The van der Waals surface area contributed by atoms with Crippen molar-refractivity contribution in [2.75, 3.05) is 18.5 Å². The van der Waals surface area contributed by atoms with Crippen molar-refractivity contribution in [1.29, 1.82) is 0 Å². The highest BCUT2D eigenvalue weighted by Gasteiger charge is 2.22. The van der Waals surface area contributed by atoms with Gasteiger partial charge in [0.1, 0.15) is 0 Å². The van der Waals surface area contributed by atoms with Crippen LogP contribution in [0.1, 0.15) is 18.9 Å². The zero-order valence-electron chi connectivity index (χ0n) is 10.4. The summed E-state index contributed by atoms with van der Waals surface area (Å²) in [5, 5.41) is 0. The largest absolute Gasteiger partial charge is 0.312 e. The molecule has 0 spiro atoms. The van der Waals surface area contributed by atoms with E-state index in [1.54, 1.807) is 17.0 Å². The third-order valence-electron chi connectivity index (χ3n) is 3.13. The van der Waals surface area contributed by atoms with Crippen LogP contribution in [0.15, 0.2) is 23.1 Å². The summed E-state index contributed by atoms with van der Waals surface area (Å²) in [7, 11) is -2.04. The lowest BCUT2D eigenvalue weighted by Gasteiger charge is -2.28. The van der Waals surface area contributed by atoms with E-state index >= 15 is 0 Å². The van der Waals surface area contributed by atoms with E-state index in [9.17, 15) is 13.2 Å². The van der Waals surface area contributed by atoms with Crippen molar-refractivity contribution < 1.29 is 13.2 Å². The number of anilines is 1. The van der Waals surface area contributed by atoms with E-state index in [0.29, 0.717) is 6.54 Å². The van der Waals surface area contributed by atoms with Gasteiger partial charge >= 0.3 is 0 Å². The standard InChI is InChI=1S/C12H16N2O3S/c1-9(15)14-7-3-4-10-8-11(5-6-12(10)14)18(16,17)13-2/h5-6,8,13H,3-4,7H2,1-2H3. The minimum absolute atomic E-state index is 0.0137. The Balaban J connectivity index is 2.48. The fraction of sp³-hybridized carbons (Fsp3) is 0.417. The second-order valence-electron chi connectivity index (χ2n) is 4.27. The Morgan fingerprint density at radius 2 is 2.11 bits per heavy atom. The minimum Gasteiger partial charge on any atom is -0.312 e. The molecule has 0 atom stereocenters. The first-order valence-electron chi connectivity index (χ1n) is 5.80. The summed E-state index contributed by atoms with van der Waals surface area (Å²) in [4.78, 5) is 13.4. The molecule has 1 aliphatic heterocycles. The minimum atomic E-state index is -3.42. The molecule has 1 N–H and O–H groups in total. The zero-order chi connectivity index (χ0) is 13.3. The lowest BCUT2D eigenvalue weighted by molar-refractivity contribution is -0.116. The Morgan fingerprint density at radius 3 is 2.72 bits per heavy atom. The quantitative estimate of drug-likeness (QED) is 0.866. The molecule has 0 unspecified atom stereocenters. The van der Waals surface area contributed by atoms with E-state index in [0.717, 1.165) is 24.1 Å². The Kier molecular flexibility index (Phi) is 3.41. The van der Waals surface area contributed by atoms with Crippen LogP contribution in [0.25, 0.3) is 0 Å². The van der Waals surface area contributed by atoms with Gasteiger partial charge in [0.2, 0.25) is 15.9 Å². The van der Waals surface area contributed by atoms with E-state index in [4.69, 9.17) is 0 Å². The predicted molar refractivity (Wildman–Crippen MR) is 69.0 cm³/mol. The molecule has 0 aliphatic carbocycles. The Morgan fingerprint density at radius 1 is 1.39 bits per heavy atom. The number of hydrogen-bond donors (Lipinski definition) is 1. The van der Waals surface area contributed by atoms with Crippen LogP contribution in [0, 0.1) is 0 Å². The molecule has 1 heterocycles. The van der Waals surface area contributed by atoms with E-state index < -0.39 is 10.0 Å². The molecule has 0 fully saturated rings. The van der Waals surface area contributed by atoms with Crippen molar-refractivity contribution in [3.63, 3.8) is 0 Å². The van der Waals surface area contributed by atoms with Crippen LogP contribution < -0.4 is 9.62 Å². The molecule has 0 radical (unpaired) electrons. The number of benzene rings is 1. The fourth-order valence-electron chi connectivity index (χ4n) is 2.19. The van der Waals surface area contributed by atoms with Gasteiger partial charge in [-0.25, -0.2) is 13.1 Å². The Bertz CT molecular complexity index is 581. The van der Waals surface area contributed by atoms with Crippen LogP contribution in [0.5, 0.6) is 0 Å². The van der Waals surface area contributed by atoms with Gasteiger partial charge in [0.15, 0.2) is 0 Å². The summed E-state index contributed by atoms with van der Waals surface area (Å²) in [6, 6.07) is 4.89. The molecule has 0 aromatic heterocycles. The van der Waals surface area contributed by atoms with Gasteiger partial charge < -0.3 is 4.90 Å². The first-order chi connectivity index (χ1) is 8.45. The summed E-state index contributed by atoms with van der Waals surface area (Å²) < 4.78 is 25.7. The van der Waals surface area contributed by atoms with Gasteiger partial charge in [0.05, 0.1) is 4.90 Å². The molecule has 5 nitrogen and oxygen atoms in total. The molecule has 18 heavy (non-hydrogen) atoms. The summed E-state index contributed by atoms with van der Waals surface area (Å²) in [5.74, 6) is -0.0137. The average Bonchev–Trinajstić information content (AvgIpc) is 2.37. The number of aryl methyl sites for hydroxylation is 1. The number of amides is 1. The van der Waals surface area contributed by atoms with Crippen molar-refractivity contribution >= 4 is 21.6 Å². The highest BCUT2D eigenvalue weighted by Crippen LogP contribution is 2.29. The van der Waals surface area contributed by atoms with E-state index in [1.165, 1.54) is 20.0 Å². The molecule has 1 aromatic carbocycles. The molecule has 1 aliphatic rings. The third-order valence-corrected chi connectivity index (χ3v) is 4.54. The number of nitrogens with one attached hydrogen (secondary N) is 1. The van der Waals surface area contributed by atoms with Crippen LogP contribution in [-0.4, -0.2) is 27.9 Å². The number of hydrogen-bond acceptors (Lipinski definition) is 3. The van der Waals surface area contributed by atoms with E-state index in [-0.39, 0.29) is 10.8 Å². The molecule has 1 amide bonds. The Hall–Kier alpha value is -1.40. The summed E-state index contributed by atoms with van der Waals surface area (Å²) in [6.45, 7) is 2.22. The van der Waals surface area contributed by atoms with Crippen molar-refractivity contribution in [2.45, 2.75) is 24.7 Å². The van der Waals surface area contributed by atoms with Crippen molar-refractivity contribution in [2.24, 2.45) is 0 Å². The molecular weight excluding hydrogens is 252 g/mol. The average molecular weight is 268 g/mol. The maximum absolute atomic E-state index is 11.7. The van der Waals surface area contributed by atoms with Gasteiger partial charge in [-0.3, -0.25) is 4.79 Å². The van der Waals surface area contributed by atoms with Crippen molar-refractivity contribution in [3.8, 4) is 0 Å². The molecule has 0 saturated heterocycles. The highest BCUT2D eigenvalue weighted by molar-refractivity contribution is 7.89. The number of carbonyl (C=O) groups excluding carboxylic acids is 1. The summed E-state index contributed by atoms with van der Waals surface area (Å²) >= 11 is 0. The molecule has 6 heteroatoms. The number of rotatable bonds is 2. The first kappa shape index (κ1) is 13.0. The zero-order valence-corrected chi connectivity index (χ0v) is 11.3. The van der Waals surface area contributed by atoms with Crippen LogP contribution in [-0.2, 0) is 21.2 Å². The van der Waals surface area contributed by atoms with E-state index in [1.807, 2.05) is 0 Å². The SMILES string of the molecule is CNS(=O)(=O)c1ccc2c(c1)CCCN2C(C)=O. The predicted octanol–water partition coefficient (Wildman–Crippen LogP) is 0.894. The molecular formula is C12H16N2O3S. The van der Waals surface area contributed by atoms with Crippen molar-refractivity contribution in [3.05, 3.63) is 23.8 Å². The number of nitrogens with zero attached hydrogens (tertiary/aromatic N) is 1. The van der Waals surface area contributed by atoms with E-state index in [2.05, 4.69) is 4.72 Å². The summed E-state index contributed by atoms with van der Waals surface area (Å²) in [6.07, 6.45) is 1.65. The van der Waals surface area contributed by atoms with Crippen molar-refractivity contribution in [1.82, 2.24) is 4.72 Å². The van der Waals surface area contributed by atoms with Gasteiger partial charge in [0, 0.05) is 19.2 Å². The second-order valence-corrected chi connectivity index (χ2v) is 6.16. The highest BCUT2D eigenvalue weighted by atomic mass is 32.2. The van der Waals surface area contributed by atoms with Crippen LogP contribution in [0.4, 0.5) is 5.69 Å². The molecule has 0 saturated carbocycles. The lowest BCUT2D eigenvalue weighted by atomic mass is 10.0. The normalized spacial score (nSPS) is 15.3. The Labute approximate surface area is 107 Å². The monoisotopic (exact) mass is 268 g/mol. The maximum atomic E-state index is 11.7. The fourth-order valence-corrected chi connectivity index (χ4v) is 2.97. The van der Waals surface area contributed by atoms with Gasteiger partial charge in [-0.2, -0.15) is 0 Å². The molecule has 98 valence electrons. The van der Waals surface area contributed by atoms with Gasteiger partial charge in [-0.05, 0) is 43.7 Å². The number of fused-ring (bicyclic) bond motifs is 1. The van der Waals surface area contributed by atoms with Gasteiger partial charge in [-0.1, -0.05) is 0 Å². The van der Waals surface area contributed by atoms with Gasteiger partial charge in [0.25, 0.3) is 0 Å². The molecule has 2 rings (SSSR count). The number of carbonyl (C=O) groups is 1. The van der Waals surface area contributed by atoms with Crippen LogP contribution in [0.3, 0.4) is 0 Å². The maximum Gasteiger partial charge on any atom is 0.240 e.